The highest BCUT2D eigenvalue weighted by Crippen LogP contribution is 2.32. The predicted octanol–water partition coefficient (Wildman–Crippen LogP) is 4.92. The summed E-state index contributed by atoms with van der Waals surface area (Å²) in [6.45, 7) is 3.70. The fourth-order valence-electron chi connectivity index (χ4n) is 2.02. The van der Waals surface area contributed by atoms with Gasteiger partial charge in [-0.05, 0) is 43.7 Å². The topological polar surface area (TPSA) is 38.3 Å². The lowest BCUT2D eigenvalue weighted by atomic mass is 9.83. The van der Waals surface area contributed by atoms with Crippen molar-refractivity contribution < 1.29 is 9.53 Å². The third kappa shape index (κ3) is 3.37. The number of methoxy groups -OCH3 is 1. The first-order valence-electron chi connectivity index (χ1n) is 6.76. The van der Waals surface area contributed by atoms with E-state index in [1.807, 2.05) is 38.1 Å². The molecule has 0 heterocycles. The summed E-state index contributed by atoms with van der Waals surface area (Å²) in [4.78, 5) is 12.6. The van der Waals surface area contributed by atoms with Gasteiger partial charge in [-0.2, -0.15) is 0 Å². The van der Waals surface area contributed by atoms with E-state index >= 15 is 0 Å². The molecule has 0 aliphatic rings. The lowest BCUT2D eigenvalue weighted by molar-refractivity contribution is -0.120. The van der Waals surface area contributed by atoms with E-state index in [-0.39, 0.29) is 5.91 Å². The molecule has 0 bridgehead atoms. The molecule has 2 aromatic rings. The maximum absolute atomic E-state index is 12.6. The summed E-state index contributed by atoms with van der Waals surface area (Å²) in [7, 11) is 1.61. The first-order valence-corrected chi connectivity index (χ1v) is 7.52. The zero-order valence-electron chi connectivity index (χ0n) is 12.6. The first kappa shape index (κ1) is 16.7. The van der Waals surface area contributed by atoms with Crippen molar-refractivity contribution in [2.45, 2.75) is 19.3 Å². The fraction of sp³-hybridized carbons (Fsp3) is 0.235. The molecule has 0 radical (unpaired) electrons. The summed E-state index contributed by atoms with van der Waals surface area (Å²) in [5.41, 5.74) is 0.655. The second kappa shape index (κ2) is 6.59. The SMILES string of the molecule is COc1ccc(C(C)(C)C(=O)Nc2cccc(Cl)c2Cl)cc1. The Morgan fingerprint density at radius 3 is 2.32 bits per heavy atom. The van der Waals surface area contributed by atoms with E-state index in [0.29, 0.717) is 15.7 Å². The lowest BCUT2D eigenvalue weighted by Crippen LogP contribution is -2.34. The Hall–Kier alpha value is -1.71. The second-order valence-corrected chi connectivity index (χ2v) is 6.19. The Bertz CT molecular complexity index is 682. The molecule has 2 rings (SSSR count). The number of amides is 1. The molecule has 0 atom stereocenters. The molecule has 0 saturated heterocycles. The molecule has 0 fully saturated rings. The molecule has 5 heteroatoms. The Morgan fingerprint density at radius 1 is 1.09 bits per heavy atom. The van der Waals surface area contributed by atoms with Crippen LogP contribution in [0, 0.1) is 0 Å². The van der Waals surface area contributed by atoms with E-state index in [0.717, 1.165) is 11.3 Å². The van der Waals surface area contributed by atoms with Crippen LogP contribution in [0.4, 0.5) is 5.69 Å². The van der Waals surface area contributed by atoms with Crippen LogP contribution in [0.1, 0.15) is 19.4 Å². The zero-order valence-corrected chi connectivity index (χ0v) is 14.1. The molecule has 116 valence electrons. The summed E-state index contributed by atoms with van der Waals surface area (Å²) in [6.07, 6.45) is 0. The van der Waals surface area contributed by atoms with Crippen molar-refractivity contribution in [1.82, 2.24) is 0 Å². The quantitative estimate of drug-likeness (QED) is 0.859. The second-order valence-electron chi connectivity index (χ2n) is 5.41. The molecule has 0 saturated carbocycles. The summed E-state index contributed by atoms with van der Waals surface area (Å²) in [5, 5.41) is 3.57. The number of nitrogens with one attached hydrogen (secondary N) is 1. The monoisotopic (exact) mass is 337 g/mol. The van der Waals surface area contributed by atoms with Crippen LogP contribution in [0.25, 0.3) is 0 Å². The lowest BCUT2D eigenvalue weighted by Gasteiger charge is -2.24. The number of hydrogen-bond acceptors (Lipinski definition) is 2. The van der Waals surface area contributed by atoms with Gasteiger partial charge in [-0.3, -0.25) is 4.79 Å². The smallest absolute Gasteiger partial charge is 0.234 e. The molecule has 0 aromatic heterocycles. The highest BCUT2D eigenvalue weighted by Gasteiger charge is 2.30. The van der Waals surface area contributed by atoms with Gasteiger partial charge >= 0.3 is 0 Å². The molecule has 2 aromatic carbocycles. The highest BCUT2D eigenvalue weighted by molar-refractivity contribution is 6.44. The van der Waals surface area contributed by atoms with Gasteiger partial charge in [0.05, 0.1) is 28.3 Å². The summed E-state index contributed by atoms with van der Waals surface area (Å²) < 4.78 is 5.13. The van der Waals surface area contributed by atoms with E-state index in [4.69, 9.17) is 27.9 Å². The first-order chi connectivity index (χ1) is 10.4. The normalized spacial score (nSPS) is 11.1. The fourth-order valence-corrected chi connectivity index (χ4v) is 2.37. The van der Waals surface area contributed by atoms with Gasteiger partial charge in [-0.1, -0.05) is 41.4 Å². The number of rotatable bonds is 4. The minimum absolute atomic E-state index is 0.165. The van der Waals surface area contributed by atoms with Crippen molar-refractivity contribution in [2.24, 2.45) is 0 Å². The molecular weight excluding hydrogens is 321 g/mol. The van der Waals surface area contributed by atoms with Crippen LogP contribution in [0.2, 0.25) is 10.0 Å². The van der Waals surface area contributed by atoms with Crippen LogP contribution < -0.4 is 10.1 Å². The molecule has 1 amide bonds. The highest BCUT2D eigenvalue weighted by atomic mass is 35.5. The average molecular weight is 338 g/mol. The third-order valence-electron chi connectivity index (χ3n) is 3.58. The number of hydrogen-bond donors (Lipinski definition) is 1. The van der Waals surface area contributed by atoms with Gasteiger partial charge in [0.25, 0.3) is 0 Å². The van der Waals surface area contributed by atoms with E-state index in [1.54, 1.807) is 25.3 Å². The molecule has 1 N–H and O–H groups in total. The van der Waals surface area contributed by atoms with E-state index in [9.17, 15) is 4.79 Å². The van der Waals surface area contributed by atoms with Crippen molar-refractivity contribution in [3.8, 4) is 5.75 Å². The van der Waals surface area contributed by atoms with Crippen LogP contribution in [0.5, 0.6) is 5.75 Å². The predicted molar refractivity (Wildman–Crippen MR) is 91.1 cm³/mol. The van der Waals surface area contributed by atoms with Crippen LogP contribution in [0.15, 0.2) is 42.5 Å². The van der Waals surface area contributed by atoms with E-state index < -0.39 is 5.41 Å². The number of anilines is 1. The number of carbonyl (C=O) groups excluding carboxylic acids is 1. The molecule has 0 aliphatic heterocycles. The van der Waals surface area contributed by atoms with Crippen LogP contribution in [-0.2, 0) is 10.2 Å². The van der Waals surface area contributed by atoms with Gasteiger partial charge in [-0.25, -0.2) is 0 Å². The Labute approximate surface area is 140 Å². The van der Waals surface area contributed by atoms with Gasteiger partial charge in [0, 0.05) is 0 Å². The van der Waals surface area contributed by atoms with Crippen LogP contribution in [0.3, 0.4) is 0 Å². The molecular formula is C17H17Cl2NO2. The minimum atomic E-state index is -0.724. The maximum Gasteiger partial charge on any atom is 0.234 e. The molecule has 0 unspecified atom stereocenters. The number of carbonyl (C=O) groups is 1. The number of halogens is 2. The Balaban J connectivity index is 2.24. The van der Waals surface area contributed by atoms with Gasteiger partial charge in [0.2, 0.25) is 5.91 Å². The van der Waals surface area contributed by atoms with Crippen molar-refractivity contribution in [3.05, 3.63) is 58.1 Å². The summed E-state index contributed by atoms with van der Waals surface area (Å²) in [6, 6.07) is 12.5. The number of ether oxygens (including phenoxy) is 1. The average Bonchev–Trinajstić information content (AvgIpc) is 2.51. The zero-order chi connectivity index (χ0) is 16.3. The molecule has 0 spiro atoms. The largest absolute Gasteiger partial charge is 0.497 e. The van der Waals surface area contributed by atoms with Crippen molar-refractivity contribution in [3.63, 3.8) is 0 Å². The van der Waals surface area contributed by atoms with Gasteiger partial charge in [0.1, 0.15) is 5.75 Å². The van der Waals surface area contributed by atoms with Crippen molar-refractivity contribution >= 4 is 34.8 Å². The minimum Gasteiger partial charge on any atom is -0.497 e. The van der Waals surface area contributed by atoms with Crippen LogP contribution in [-0.4, -0.2) is 13.0 Å². The molecule has 3 nitrogen and oxygen atoms in total. The van der Waals surface area contributed by atoms with Crippen molar-refractivity contribution in [1.29, 1.82) is 0 Å². The van der Waals surface area contributed by atoms with E-state index in [2.05, 4.69) is 5.32 Å². The number of benzene rings is 2. The maximum atomic E-state index is 12.6. The van der Waals surface area contributed by atoms with Crippen LogP contribution >= 0.6 is 23.2 Å². The van der Waals surface area contributed by atoms with Crippen molar-refractivity contribution in [2.75, 3.05) is 12.4 Å². The Kier molecular flexibility index (Phi) is 4.99. The molecule has 22 heavy (non-hydrogen) atoms. The standard InChI is InChI=1S/C17H17Cl2NO2/c1-17(2,11-7-9-12(22-3)10-8-11)16(21)20-14-6-4-5-13(18)15(14)19/h4-10H,1-3H3,(H,20,21). The Morgan fingerprint density at radius 2 is 1.73 bits per heavy atom. The molecule has 0 aliphatic carbocycles. The third-order valence-corrected chi connectivity index (χ3v) is 4.40. The van der Waals surface area contributed by atoms with Gasteiger partial charge in [-0.15, -0.1) is 0 Å². The summed E-state index contributed by atoms with van der Waals surface area (Å²) in [5.74, 6) is 0.583. The van der Waals surface area contributed by atoms with Gasteiger partial charge < -0.3 is 10.1 Å². The van der Waals surface area contributed by atoms with E-state index in [1.165, 1.54) is 0 Å². The summed E-state index contributed by atoms with van der Waals surface area (Å²) >= 11 is 12.1. The van der Waals surface area contributed by atoms with Gasteiger partial charge in [0.15, 0.2) is 0 Å².